The minimum Gasteiger partial charge on any atom is -0.382 e. The second-order valence-corrected chi connectivity index (χ2v) is 5.23. The highest BCUT2D eigenvalue weighted by Gasteiger charge is 2.25. The molecule has 3 heteroatoms. The molecule has 0 radical (unpaired) electrons. The SMILES string of the molecule is COCC(C)(NCc1cccnc1C)c1ccccc1. The van der Waals surface area contributed by atoms with Gasteiger partial charge >= 0.3 is 0 Å². The molecule has 20 heavy (non-hydrogen) atoms. The summed E-state index contributed by atoms with van der Waals surface area (Å²) in [6.07, 6.45) is 1.82. The Bertz CT molecular complexity index is 542. The third-order valence-corrected chi connectivity index (χ3v) is 3.63. The van der Waals surface area contributed by atoms with Crippen LogP contribution < -0.4 is 5.32 Å². The molecule has 1 atom stereocenters. The van der Waals surface area contributed by atoms with Gasteiger partial charge in [-0.25, -0.2) is 0 Å². The molecule has 0 amide bonds. The molecule has 2 aromatic rings. The first-order valence-electron chi connectivity index (χ1n) is 6.86. The van der Waals surface area contributed by atoms with Crippen LogP contribution in [0.3, 0.4) is 0 Å². The van der Waals surface area contributed by atoms with Crippen LogP contribution in [0, 0.1) is 6.92 Å². The number of hydrogen-bond donors (Lipinski definition) is 1. The summed E-state index contributed by atoms with van der Waals surface area (Å²) in [4.78, 5) is 4.33. The quantitative estimate of drug-likeness (QED) is 0.876. The van der Waals surface area contributed by atoms with Gasteiger partial charge in [0.15, 0.2) is 0 Å². The molecule has 0 bridgehead atoms. The second kappa shape index (κ2) is 6.64. The molecule has 0 saturated carbocycles. The normalized spacial score (nSPS) is 13.9. The number of methoxy groups -OCH3 is 1. The molecular formula is C17H22N2O. The number of aromatic nitrogens is 1. The van der Waals surface area contributed by atoms with E-state index >= 15 is 0 Å². The second-order valence-electron chi connectivity index (χ2n) is 5.23. The van der Waals surface area contributed by atoms with Crippen molar-refractivity contribution in [1.82, 2.24) is 10.3 Å². The Balaban J connectivity index is 2.16. The van der Waals surface area contributed by atoms with Crippen LogP contribution in [0.2, 0.25) is 0 Å². The molecule has 3 nitrogen and oxygen atoms in total. The van der Waals surface area contributed by atoms with Gasteiger partial charge in [0.25, 0.3) is 0 Å². The van der Waals surface area contributed by atoms with Crippen LogP contribution in [0.5, 0.6) is 0 Å². The van der Waals surface area contributed by atoms with Crippen molar-refractivity contribution in [2.45, 2.75) is 25.9 Å². The number of nitrogens with zero attached hydrogens (tertiary/aromatic N) is 1. The minimum atomic E-state index is -0.210. The summed E-state index contributed by atoms with van der Waals surface area (Å²) in [5, 5.41) is 3.61. The molecule has 106 valence electrons. The molecule has 1 heterocycles. The largest absolute Gasteiger partial charge is 0.382 e. The van der Waals surface area contributed by atoms with Crippen LogP contribution in [-0.2, 0) is 16.8 Å². The Hall–Kier alpha value is -1.71. The van der Waals surface area contributed by atoms with E-state index in [9.17, 15) is 0 Å². The van der Waals surface area contributed by atoms with Crippen molar-refractivity contribution in [3.05, 3.63) is 65.5 Å². The monoisotopic (exact) mass is 270 g/mol. The molecule has 1 aromatic carbocycles. The fourth-order valence-corrected chi connectivity index (χ4v) is 2.33. The van der Waals surface area contributed by atoms with Gasteiger partial charge in [0.1, 0.15) is 0 Å². The first-order chi connectivity index (χ1) is 9.65. The van der Waals surface area contributed by atoms with Gasteiger partial charge in [-0.15, -0.1) is 0 Å². The first kappa shape index (κ1) is 14.7. The highest BCUT2D eigenvalue weighted by atomic mass is 16.5. The molecule has 2 rings (SSSR count). The van der Waals surface area contributed by atoms with Gasteiger partial charge in [-0.1, -0.05) is 36.4 Å². The van der Waals surface area contributed by atoms with Gasteiger partial charge in [-0.05, 0) is 31.0 Å². The molecule has 0 fully saturated rings. The molecule has 1 unspecified atom stereocenters. The van der Waals surface area contributed by atoms with Crippen molar-refractivity contribution < 1.29 is 4.74 Å². The lowest BCUT2D eigenvalue weighted by Gasteiger charge is -2.31. The topological polar surface area (TPSA) is 34.1 Å². The van der Waals surface area contributed by atoms with Crippen molar-refractivity contribution in [1.29, 1.82) is 0 Å². The van der Waals surface area contributed by atoms with E-state index in [-0.39, 0.29) is 5.54 Å². The summed E-state index contributed by atoms with van der Waals surface area (Å²) in [5.41, 5.74) is 3.29. The summed E-state index contributed by atoms with van der Waals surface area (Å²) >= 11 is 0. The Kier molecular flexibility index (Phi) is 4.88. The summed E-state index contributed by atoms with van der Waals surface area (Å²) in [6, 6.07) is 14.5. The minimum absolute atomic E-state index is 0.210. The fraction of sp³-hybridized carbons (Fsp3) is 0.353. The van der Waals surface area contributed by atoms with Gasteiger partial charge in [0.2, 0.25) is 0 Å². The zero-order valence-corrected chi connectivity index (χ0v) is 12.4. The van der Waals surface area contributed by atoms with Gasteiger partial charge in [-0.3, -0.25) is 4.98 Å². The lowest BCUT2D eigenvalue weighted by atomic mass is 9.92. The third kappa shape index (κ3) is 3.44. The summed E-state index contributed by atoms with van der Waals surface area (Å²) in [6.45, 7) is 5.59. The van der Waals surface area contributed by atoms with E-state index in [1.54, 1.807) is 7.11 Å². The molecule has 0 aliphatic rings. The Morgan fingerprint density at radius 2 is 1.90 bits per heavy atom. The number of pyridine rings is 1. The van der Waals surface area contributed by atoms with E-state index in [1.807, 2.05) is 25.3 Å². The molecule has 0 aliphatic carbocycles. The van der Waals surface area contributed by atoms with E-state index in [1.165, 1.54) is 11.1 Å². The fourth-order valence-electron chi connectivity index (χ4n) is 2.33. The smallest absolute Gasteiger partial charge is 0.0683 e. The van der Waals surface area contributed by atoms with E-state index in [0.717, 1.165) is 12.2 Å². The van der Waals surface area contributed by atoms with Crippen LogP contribution in [0.15, 0.2) is 48.7 Å². The average Bonchev–Trinajstić information content (AvgIpc) is 2.48. The number of nitrogens with one attached hydrogen (secondary N) is 1. The number of ether oxygens (including phenoxy) is 1. The molecule has 0 saturated heterocycles. The van der Waals surface area contributed by atoms with E-state index in [0.29, 0.717) is 6.61 Å². The van der Waals surface area contributed by atoms with Crippen molar-refractivity contribution in [3.8, 4) is 0 Å². The van der Waals surface area contributed by atoms with Crippen LogP contribution in [0.25, 0.3) is 0 Å². The Morgan fingerprint density at radius 3 is 2.55 bits per heavy atom. The van der Waals surface area contributed by atoms with Crippen molar-refractivity contribution in [2.24, 2.45) is 0 Å². The number of aryl methyl sites for hydroxylation is 1. The molecule has 0 spiro atoms. The average molecular weight is 270 g/mol. The van der Waals surface area contributed by atoms with Crippen LogP contribution >= 0.6 is 0 Å². The van der Waals surface area contributed by atoms with Crippen molar-refractivity contribution in [3.63, 3.8) is 0 Å². The highest BCUT2D eigenvalue weighted by molar-refractivity contribution is 5.25. The van der Waals surface area contributed by atoms with Crippen molar-refractivity contribution >= 4 is 0 Å². The summed E-state index contributed by atoms with van der Waals surface area (Å²) < 4.78 is 5.40. The molecule has 1 aromatic heterocycles. The van der Waals surface area contributed by atoms with Crippen molar-refractivity contribution in [2.75, 3.05) is 13.7 Å². The lowest BCUT2D eigenvalue weighted by molar-refractivity contribution is 0.117. The molecular weight excluding hydrogens is 248 g/mol. The third-order valence-electron chi connectivity index (χ3n) is 3.63. The van der Waals surface area contributed by atoms with Gasteiger partial charge in [0, 0.05) is 25.5 Å². The maximum Gasteiger partial charge on any atom is 0.0683 e. The maximum absolute atomic E-state index is 5.40. The molecule has 0 aliphatic heterocycles. The standard InChI is InChI=1S/C17H22N2O/c1-14-15(8-7-11-18-14)12-19-17(2,13-20-3)16-9-5-4-6-10-16/h4-11,19H,12-13H2,1-3H3. The highest BCUT2D eigenvalue weighted by Crippen LogP contribution is 2.21. The molecule has 1 N–H and O–H groups in total. The maximum atomic E-state index is 5.40. The van der Waals surface area contributed by atoms with E-state index in [2.05, 4.69) is 47.6 Å². The van der Waals surface area contributed by atoms with E-state index in [4.69, 9.17) is 4.74 Å². The summed E-state index contributed by atoms with van der Waals surface area (Å²) in [7, 11) is 1.73. The zero-order chi connectivity index (χ0) is 14.4. The first-order valence-corrected chi connectivity index (χ1v) is 6.86. The number of rotatable bonds is 6. The predicted molar refractivity (Wildman–Crippen MR) is 81.5 cm³/mol. The Labute approximate surface area is 121 Å². The van der Waals surface area contributed by atoms with Crippen LogP contribution in [0.4, 0.5) is 0 Å². The lowest BCUT2D eigenvalue weighted by Crippen LogP contribution is -2.43. The van der Waals surface area contributed by atoms with E-state index < -0.39 is 0 Å². The van der Waals surface area contributed by atoms with Crippen LogP contribution in [-0.4, -0.2) is 18.7 Å². The summed E-state index contributed by atoms with van der Waals surface area (Å²) in [5.74, 6) is 0. The number of hydrogen-bond acceptors (Lipinski definition) is 3. The zero-order valence-electron chi connectivity index (χ0n) is 12.4. The number of benzene rings is 1. The Morgan fingerprint density at radius 1 is 1.15 bits per heavy atom. The van der Waals surface area contributed by atoms with Gasteiger partial charge in [-0.2, -0.15) is 0 Å². The van der Waals surface area contributed by atoms with Gasteiger partial charge < -0.3 is 10.1 Å². The van der Waals surface area contributed by atoms with Crippen LogP contribution in [0.1, 0.15) is 23.7 Å². The predicted octanol–water partition coefficient (Wildman–Crippen LogP) is 3.04. The van der Waals surface area contributed by atoms with Gasteiger partial charge in [0.05, 0.1) is 12.1 Å².